The lowest BCUT2D eigenvalue weighted by Crippen LogP contribution is -2.08. The van der Waals surface area contributed by atoms with Crippen molar-refractivity contribution in [3.63, 3.8) is 0 Å². The summed E-state index contributed by atoms with van der Waals surface area (Å²) in [6.45, 7) is 0.812. The quantitative estimate of drug-likeness (QED) is 0.164. The maximum absolute atomic E-state index is 4.36. The number of pyridine rings is 6. The van der Waals surface area contributed by atoms with Gasteiger partial charge in [-0.05, 0) is 175 Å². The van der Waals surface area contributed by atoms with Gasteiger partial charge in [0.05, 0.1) is 0 Å². The number of benzene rings is 3. The minimum absolute atomic E-state index is 0.812. The van der Waals surface area contributed by atoms with Gasteiger partial charge in [-0.15, -0.1) is 0 Å². The molecule has 3 aromatic carbocycles. The zero-order chi connectivity index (χ0) is 40.4. The normalized spacial score (nSPS) is 11.8. The van der Waals surface area contributed by atoms with Crippen molar-refractivity contribution in [3.05, 3.63) is 226 Å². The number of hydrogen-bond acceptors (Lipinski definition) is 7. The maximum Gasteiger partial charge on any atom is 0.0346 e. The first-order chi connectivity index (χ1) is 29.8. The Morgan fingerprint density at radius 3 is 1.03 bits per heavy atom. The number of dihydropyridines is 1. The van der Waals surface area contributed by atoms with Crippen LogP contribution in [0.2, 0.25) is 0 Å². The Hall–Kier alpha value is -8.16. The Bertz CT molecular complexity index is 2670. The first-order valence-corrected chi connectivity index (χ1v) is 19.7. The Morgan fingerprint density at radius 2 is 0.667 bits per heavy atom. The molecule has 286 valence electrons. The number of nitrogens with zero attached hydrogens (tertiary/aromatic N) is 6. The Balaban J connectivity index is 0.000000154. The molecule has 60 heavy (non-hydrogen) atoms. The first kappa shape index (κ1) is 37.4. The lowest BCUT2D eigenvalue weighted by molar-refractivity contribution is 0.976. The summed E-state index contributed by atoms with van der Waals surface area (Å²) in [5, 5.41) is 3.24. The maximum atomic E-state index is 4.36. The summed E-state index contributed by atoms with van der Waals surface area (Å²) in [6.07, 6.45) is 28.5. The molecule has 0 bridgehead atoms. The van der Waals surface area contributed by atoms with Crippen molar-refractivity contribution in [1.82, 2.24) is 35.2 Å². The second-order valence-electron chi connectivity index (χ2n) is 14.1. The van der Waals surface area contributed by atoms with Crippen LogP contribution in [0, 0.1) is 0 Å². The highest BCUT2D eigenvalue weighted by molar-refractivity contribution is 5.96. The van der Waals surface area contributed by atoms with E-state index in [1.165, 1.54) is 33.4 Å². The van der Waals surface area contributed by atoms with E-state index in [1.807, 2.05) is 98.5 Å². The van der Waals surface area contributed by atoms with Gasteiger partial charge >= 0.3 is 0 Å². The lowest BCUT2D eigenvalue weighted by atomic mass is 9.86. The van der Waals surface area contributed by atoms with Crippen molar-refractivity contribution in [2.75, 3.05) is 6.54 Å². The fourth-order valence-corrected chi connectivity index (χ4v) is 7.55. The molecule has 0 saturated heterocycles. The third-order valence-corrected chi connectivity index (χ3v) is 10.4. The Labute approximate surface area is 349 Å². The average molecular weight is 774 g/mol. The number of aromatic nitrogens is 6. The van der Waals surface area contributed by atoms with Crippen LogP contribution in [0.15, 0.2) is 220 Å². The molecular formula is C53H39N7. The molecule has 0 unspecified atom stereocenters. The van der Waals surface area contributed by atoms with E-state index in [4.69, 9.17) is 0 Å². The van der Waals surface area contributed by atoms with Crippen LogP contribution in [0.4, 0.5) is 0 Å². The predicted molar refractivity (Wildman–Crippen MR) is 243 cm³/mol. The van der Waals surface area contributed by atoms with Crippen LogP contribution in [-0.4, -0.2) is 36.4 Å². The molecule has 6 aromatic heterocycles. The van der Waals surface area contributed by atoms with E-state index < -0.39 is 0 Å². The van der Waals surface area contributed by atoms with E-state index in [0.29, 0.717) is 0 Å². The Kier molecular flexibility index (Phi) is 11.2. The van der Waals surface area contributed by atoms with Gasteiger partial charge in [-0.25, -0.2) is 0 Å². The van der Waals surface area contributed by atoms with Gasteiger partial charge in [0.25, 0.3) is 0 Å². The monoisotopic (exact) mass is 773 g/mol. The van der Waals surface area contributed by atoms with Gasteiger partial charge in [0.1, 0.15) is 0 Å². The summed E-state index contributed by atoms with van der Waals surface area (Å²) in [4.78, 5) is 25.5. The first-order valence-electron chi connectivity index (χ1n) is 19.7. The van der Waals surface area contributed by atoms with Crippen molar-refractivity contribution in [2.24, 2.45) is 0 Å². The molecule has 0 saturated carbocycles. The molecule has 0 fully saturated rings. The van der Waals surface area contributed by atoms with Crippen LogP contribution in [0.25, 0.3) is 83.5 Å². The molecule has 1 aliphatic rings. The van der Waals surface area contributed by atoms with Crippen molar-refractivity contribution in [1.29, 1.82) is 0 Å². The summed E-state index contributed by atoms with van der Waals surface area (Å²) in [5.74, 6) is 0. The van der Waals surface area contributed by atoms with Gasteiger partial charge in [-0.1, -0.05) is 48.5 Å². The summed E-state index contributed by atoms with van der Waals surface area (Å²) < 4.78 is 0. The van der Waals surface area contributed by atoms with E-state index in [-0.39, 0.29) is 0 Å². The smallest absolute Gasteiger partial charge is 0.0346 e. The molecule has 1 N–H and O–H groups in total. The highest BCUT2D eigenvalue weighted by Crippen LogP contribution is 2.43. The topological polar surface area (TPSA) is 89.4 Å². The summed E-state index contributed by atoms with van der Waals surface area (Å²) in [7, 11) is 0. The Morgan fingerprint density at radius 1 is 0.317 bits per heavy atom. The molecule has 0 spiro atoms. The fourth-order valence-electron chi connectivity index (χ4n) is 7.55. The molecular weight excluding hydrogens is 735 g/mol. The van der Waals surface area contributed by atoms with Crippen LogP contribution in [0.3, 0.4) is 0 Å². The molecule has 0 radical (unpaired) electrons. The molecule has 9 aromatic rings. The molecule has 7 heterocycles. The van der Waals surface area contributed by atoms with Gasteiger partial charge < -0.3 is 5.32 Å². The van der Waals surface area contributed by atoms with Gasteiger partial charge in [0.15, 0.2) is 0 Å². The van der Waals surface area contributed by atoms with Crippen LogP contribution >= 0.6 is 0 Å². The zero-order valence-electron chi connectivity index (χ0n) is 32.7. The highest BCUT2D eigenvalue weighted by Gasteiger charge is 2.18. The zero-order valence-corrected chi connectivity index (χ0v) is 32.7. The molecule has 10 rings (SSSR count). The van der Waals surface area contributed by atoms with Gasteiger partial charge in [-0.2, -0.15) is 0 Å². The summed E-state index contributed by atoms with van der Waals surface area (Å²) >= 11 is 0. The number of nitrogens with one attached hydrogen (secondary N) is 1. The molecule has 1 aliphatic heterocycles. The van der Waals surface area contributed by atoms with Gasteiger partial charge in [0.2, 0.25) is 0 Å². The third-order valence-electron chi connectivity index (χ3n) is 10.4. The molecule has 7 heteroatoms. The number of allylic oxidation sites excluding steroid dienone is 2. The van der Waals surface area contributed by atoms with Crippen LogP contribution in [0.1, 0.15) is 5.56 Å². The highest BCUT2D eigenvalue weighted by atomic mass is 14.8. The summed E-state index contributed by atoms with van der Waals surface area (Å²) in [6, 6.07) is 44.2. The van der Waals surface area contributed by atoms with E-state index in [1.54, 1.807) is 12.4 Å². The van der Waals surface area contributed by atoms with Crippen molar-refractivity contribution in [2.45, 2.75) is 0 Å². The van der Waals surface area contributed by atoms with E-state index >= 15 is 0 Å². The van der Waals surface area contributed by atoms with Crippen LogP contribution in [-0.2, 0) is 0 Å². The number of rotatable bonds is 8. The van der Waals surface area contributed by atoms with Crippen molar-refractivity contribution >= 4 is 5.57 Å². The second-order valence-corrected chi connectivity index (χ2v) is 14.1. The SMILES string of the molecule is C1=CC(c2cc(-c3cccnc3)c(-c3ccncc3)cc2-c2cccnc2)=CCN1.c1ccc(-c2cc(-c3ccncc3)c(-c3ccncc3)cc2-c2ccncc2)cc1. The minimum Gasteiger partial charge on any atom is -0.387 e. The van der Waals surface area contributed by atoms with Gasteiger partial charge in [-0.3, -0.25) is 29.9 Å². The van der Waals surface area contributed by atoms with E-state index in [9.17, 15) is 0 Å². The lowest BCUT2D eigenvalue weighted by Gasteiger charge is -2.19. The van der Waals surface area contributed by atoms with E-state index in [2.05, 4.69) is 144 Å². The molecule has 7 nitrogen and oxygen atoms in total. The number of hydrogen-bond donors (Lipinski definition) is 1. The van der Waals surface area contributed by atoms with Crippen LogP contribution in [0.5, 0.6) is 0 Å². The average Bonchev–Trinajstić information content (AvgIpc) is 3.35. The van der Waals surface area contributed by atoms with E-state index in [0.717, 1.165) is 62.2 Å². The van der Waals surface area contributed by atoms with Gasteiger partial charge in [0, 0.05) is 92.0 Å². The molecule has 0 amide bonds. The summed E-state index contributed by atoms with van der Waals surface area (Å²) in [5.41, 5.74) is 18.4. The fraction of sp³-hybridized carbons (Fsp3) is 0.0189. The van der Waals surface area contributed by atoms with Crippen molar-refractivity contribution in [3.8, 4) is 77.9 Å². The molecule has 0 aliphatic carbocycles. The predicted octanol–water partition coefficient (Wildman–Crippen LogP) is 11.9. The minimum atomic E-state index is 0.812. The second kappa shape index (κ2) is 18.0. The molecule has 0 atom stereocenters. The third kappa shape index (κ3) is 8.28. The standard InChI is InChI=1S/C27H19N3.C26H20N4/c1-2-4-20(5-3-1)24-18-26(22-8-14-29-15-9-22)27(23-10-16-30-17-11-23)19-25(24)21-6-12-28-13-7-21;1-3-21(17-29-9-1)25-15-24(20-7-13-28-14-8-20)26(22-4-2-10-30-18-22)16-23(25)19-5-11-27-12-6-19/h1-19H;1-13,15-18,28H,14H2. The van der Waals surface area contributed by atoms with Crippen molar-refractivity contribution < 1.29 is 0 Å². The largest absolute Gasteiger partial charge is 0.387 e. The van der Waals surface area contributed by atoms with Crippen LogP contribution < -0.4 is 5.32 Å².